The Morgan fingerprint density at radius 1 is 1.03 bits per heavy atom. The Labute approximate surface area is 185 Å². The highest BCUT2D eigenvalue weighted by atomic mass is 32.2. The van der Waals surface area contributed by atoms with Crippen LogP contribution in [0, 0.1) is 0 Å². The minimum atomic E-state index is -3.64. The largest absolute Gasteiger partial charge is 0.496 e. The number of fused-ring (bicyclic) bond motifs is 1. The Morgan fingerprint density at radius 2 is 1.75 bits per heavy atom. The van der Waals surface area contributed by atoms with E-state index in [1.54, 1.807) is 13.2 Å². The first kappa shape index (κ1) is 21.6. The number of methoxy groups -OCH3 is 1. The number of nitrogens with zero attached hydrogens (tertiary/aromatic N) is 1. The van der Waals surface area contributed by atoms with E-state index in [-0.39, 0.29) is 16.2 Å². The molecule has 0 saturated heterocycles. The van der Waals surface area contributed by atoms with Crippen molar-refractivity contribution in [1.82, 2.24) is 10.0 Å². The monoisotopic (exact) mass is 450 g/mol. The van der Waals surface area contributed by atoms with Gasteiger partial charge in [0, 0.05) is 40.8 Å². The van der Waals surface area contributed by atoms with Crippen molar-refractivity contribution >= 4 is 26.6 Å². The molecular formula is C24H22N2O5S. The van der Waals surface area contributed by atoms with Crippen LogP contribution in [0.2, 0.25) is 0 Å². The molecule has 4 aromatic rings. The summed E-state index contributed by atoms with van der Waals surface area (Å²) in [5.74, 6) is -0.147. The predicted octanol–water partition coefficient (Wildman–Crippen LogP) is 3.95. The maximum Gasteiger partial charge on any atom is 0.274 e. The summed E-state index contributed by atoms with van der Waals surface area (Å²) in [6.07, 6.45) is 2.01. The number of carbonyl (C=O) groups is 1. The molecule has 0 bridgehead atoms. The van der Waals surface area contributed by atoms with Crippen molar-refractivity contribution in [2.45, 2.75) is 10.6 Å². The molecule has 164 valence electrons. The van der Waals surface area contributed by atoms with Gasteiger partial charge >= 0.3 is 0 Å². The van der Waals surface area contributed by atoms with Gasteiger partial charge in [0.2, 0.25) is 0 Å². The van der Waals surface area contributed by atoms with Crippen molar-refractivity contribution in [2.75, 3.05) is 7.11 Å². The number of nitrogens with one attached hydrogen (secondary N) is 1. The van der Waals surface area contributed by atoms with Crippen LogP contribution in [0.15, 0.2) is 77.8 Å². The lowest BCUT2D eigenvalue weighted by Crippen LogP contribution is -2.18. The number of amides is 1. The lowest BCUT2D eigenvalue weighted by Gasteiger charge is -2.09. The van der Waals surface area contributed by atoms with Crippen LogP contribution in [0.3, 0.4) is 0 Å². The van der Waals surface area contributed by atoms with Gasteiger partial charge in [-0.15, -0.1) is 0 Å². The fourth-order valence-electron chi connectivity index (χ4n) is 3.79. The van der Waals surface area contributed by atoms with Gasteiger partial charge in [-0.1, -0.05) is 24.3 Å². The summed E-state index contributed by atoms with van der Waals surface area (Å²) in [5.41, 5.74) is 5.21. The maximum absolute atomic E-state index is 13.0. The van der Waals surface area contributed by atoms with Gasteiger partial charge in [-0.2, -0.15) is 0 Å². The summed E-state index contributed by atoms with van der Waals surface area (Å²) >= 11 is 0. The minimum Gasteiger partial charge on any atom is -0.496 e. The van der Waals surface area contributed by atoms with Gasteiger partial charge in [-0.05, 0) is 48.0 Å². The molecule has 0 saturated carbocycles. The lowest BCUT2D eigenvalue weighted by atomic mass is 10.0. The van der Waals surface area contributed by atoms with Gasteiger partial charge in [0.1, 0.15) is 5.75 Å². The van der Waals surface area contributed by atoms with Crippen molar-refractivity contribution < 1.29 is 23.2 Å². The number of hydrogen-bond donors (Lipinski definition) is 2. The average Bonchev–Trinajstić information content (AvgIpc) is 3.13. The van der Waals surface area contributed by atoms with Crippen LogP contribution in [0.25, 0.3) is 22.0 Å². The van der Waals surface area contributed by atoms with Crippen molar-refractivity contribution in [1.29, 1.82) is 0 Å². The molecule has 32 heavy (non-hydrogen) atoms. The average molecular weight is 451 g/mol. The van der Waals surface area contributed by atoms with Gasteiger partial charge in [0.05, 0.1) is 17.8 Å². The van der Waals surface area contributed by atoms with E-state index >= 15 is 0 Å². The number of aryl methyl sites for hydroxylation is 1. The first-order valence-corrected chi connectivity index (χ1v) is 11.5. The van der Waals surface area contributed by atoms with Crippen molar-refractivity contribution in [3.05, 3.63) is 84.1 Å². The number of benzene rings is 3. The zero-order chi connectivity index (χ0) is 22.9. The zero-order valence-corrected chi connectivity index (χ0v) is 18.4. The molecule has 1 amide bonds. The highest BCUT2D eigenvalue weighted by Crippen LogP contribution is 2.36. The van der Waals surface area contributed by atoms with Gasteiger partial charge in [0.25, 0.3) is 5.91 Å². The van der Waals surface area contributed by atoms with Gasteiger partial charge in [-0.3, -0.25) is 10.0 Å². The van der Waals surface area contributed by atoms with E-state index in [4.69, 9.17) is 9.94 Å². The first-order chi connectivity index (χ1) is 15.3. The number of sulfone groups is 1. The SMILES string of the molecule is COc1ccccc1-c1cn(C)c2ccc(CS(=O)(=O)c3ccc(C(=O)NO)cc3)cc12. The topological polar surface area (TPSA) is 97.6 Å². The van der Waals surface area contributed by atoms with Crippen molar-refractivity contribution in [2.24, 2.45) is 7.05 Å². The molecule has 0 unspecified atom stereocenters. The third-order valence-electron chi connectivity index (χ3n) is 5.38. The van der Waals surface area contributed by atoms with Gasteiger partial charge < -0.3 is 9.30 Å². The summed E-state index contributed by atoms with van der Waals surface area (Å²) < 4.78 is 33.5. The molecule has 0 radical (unpaired) electrons. The highest BCUT2D eigenvalue weighted by molar-refractivity contribution is 7.90. The number of rotatable bonds is 6. The Kier molecular flexibility index (Phi) is 5.73. The minimum absolute atomic E-state index is 0.102. The Balaban J connectivity index is 1.72. The van der Waals surface area contributed by atoms with Crippen LogP contribution in [0.4, 0.5) is 0 Å². The molecule has 0 fully saturated rings. The molecule has 0 aliphatic rings. The fourth-order valence-corrected chi connectivity index (χ4v) is 5.13. The molecule has 1 heterocycles. The summed E-state index contributed by atoms with van der Waals surface area (Å²) in [6.45, 7) is 0. The number of ether oxygens (including phenoxy) is 1. The van der Waals surface area contributed by atoms with E-state index in [1.165, 1.54) is 29.7 Å². The standard InChI is InChI=1S/C24H22N2O5S/c1-26-14-21(19-5-3-4-6-23(19)31-2)20-13-16(7-12-22(20)26)15-32(29,30)18-10-8-17(9-11-18)24(27)25-28/h3-14,28H,15H2,1-2H3,(H,25,27). The maximum atomic E-state index is 13.0. The van der Waals surface area contributed by atoms with E-state index in [2.05, 4.69) is 0 Å². The van der Waals surface area contributed by atoms with Crippen LogP contribution in [0.1, 0.15) is 15.9 Å². The number of para-hydroxylation sites is 1. The summed E-state index contributed by atoms with van der Waals surface area (Å²) in [7, 11) is -0.0717. The third-order valence-corrected chi connectivity index (χ3v) is 7.09. The second-order valence-electron chi connectivity index (χ2n) is 7.43. The van der Waals surface area contributed by atoms with E-state index in [0.717, 1.165) is 27.8 Å². The van der Waals surface area contributed by atoms with Gasteiger partial charge in [0.15, 0.2) is 9.84 Å². The molecule has 8 heteroatoms. The molecule has 0 aliphatic carbocycles. The normalized spacial score (nSPS) is 11.5. The lowest BCUT2D eigenvalue weighted by molar-refractivity contribution is 0.0706. The summed E-state index contributed by atoms with van der Waals surface area (Å²) in [6, 6.07) is 18.8. The van der Waals surface area contributed by atoms with E-state index < -0.39 is 15.7 Å². The number of hydrogen-bond acceptors (Lipinski definition) is 5. The molecular weight excluding hydrogens is 428 g/mol. The number of hydroxylamine groups is 1. The molecule has 2 N–H and O–H groups in total. The van der Waals surface area contributed by atoms with E-state index in [9.17, 15) is 13.2 Å². The fraction of sp³-hybridized carbons (Fsp3) is 0.125. The molecule has 0 spiro atoms. The van der Waals surface area contributed by atoms with Crippen LogP contribution in [0.5, 0.6) is 5.75 Å². The molecule has 0 aliphatic heterocycles. The Hall–Kier alpha value is -3.62. The summed E-state index contributed by atoms with van der Waals surface area (Å²) in [5, 5.41) is 9.64. The Bertz CT molecular complexity index is 1410. The second-order valence-corrected chi connectivity index (χ2v) is 9.42. The first-order valence-electron chi connectivity index (χ1n) is 9.82. The highest BCUT2D eigenvalue weighted by Gasteiger charge is 2.18. The molecule has 3 aromatic carbocycles. The number of carbonyl (C=O) groups excluding carboxylic acids is 1. The van der Waals surface area contributed by atoms with Gasteiger partial charge in [-0.25, -0.2) is 13.9 Å². The van der Waals surface area contributed by atoms with E-state index in [1.807, 2.05) is 54.2 Å². The smallest absolute Gasteiger partial charge is 0.274 e. The molecule has 4 rings (SSSR count). The molecule has 0 atom stereocenters. The Morgan fingerprint density at radius 3 is 2.44 bits per heavy atom. The summed E-state index contributed by atoms with van der Waals surface area (Å²) in [4.78, 5) is 11.6. The van der Waals surface area contributed by atoms with Crippen molar-refractivity contribution in [3.8, 4) is 16.9 Å². The predicted molar refractivity (Wildman–Crippen MR) is 121 cm³/mol. The zero-order valence-electron chi connectivity index (χ0n) is 17.6. The van der Waals surface area contributed by atoms with Crippen LogP contribution < -0.4 is 10.2 Å². The second kappa shape index (κ2) is 8.49. The third kappa shape index (κ3) is 3.98. The molecule has 1 aromatic heterocycles. The van der Waals surface area contributed by atoms with Crippen LogP contribution in [-0.4, -0.2) is 31.2 Å². The van der Waals surface area contributed by atoms with Crippen LogP contribution >= 0.6 is 0 Å². The van der Waals surface area contributed by atoms with Crippen LogP contribution in [-0.2, 0) is 22.6 Å². The van der Waals surface area contributed by atoms with E-state index in [0.29, 0.717) is 5.56 Å². The van der Waals surface area contributed by atoms with Crippen molar-refractivity contribution in [3.63, 3.8) is 0 Å². The quantitative estimate of drug-likeness (QED) is 0.342. The number of aromatic nitrogens is 1. The molecule has 7 nitrogen and oxygen atoms in total.